The second kappa shape index (κ2) is 5.10. The van der Waals surface area contributed by atoms with E-state index in [0.29, 0.717) is 18.8 Å². The topological polar surface area (TPSA) is 51.2 Å². The van der Waals surface area contributed by atoms with Gasteiger partial charge in [-0.2, -0.15) is 0 Å². The van der Waals surface area contributed by atoms with Crippen molar-refractivity contribution in [3.05, 3.63) is 59.4 Å². The molecule has 1 aromatic carbocycles. The van der Waals surface area contributed by atoms with E-state index < -0.39 is 0 Å². The Balaban J connectivity index is 1.74. The molecule has 1 amide bonds. The number of pyridine rings is 1. The van der Waals surface area contributed by atoms with E-state index in [2.05, 4.69) is 10.3 Å². The molecular formula is C15H14N2O2. The highest BCUT2D eigenvalue weighted by Gasteiger charge is 2.18. The van der Waals surface area contributed by atoms with Gasteiger partial charge in [0.05, 0.1) is 0 Å². The second-order valence-electron chi connectivity index (χ2n) is 4.46. The van der Waals surface area contributed by atoms with E-state index in [4.69, 9.17) is 4.74 Å². The van der Waals surface area contributed by atoms with Gasteiger partial charge in [0.15, 0.2) is 0 Å². The lowest BCUT2D eigenvalue weighted by molar-refractivity contribution is 0.0940. The van der Waals surface area contributed by atoms with Crippen molar-refractivity contribution in [3.63, 3.8) is 0 Å². The quantitative estimate of drug-likeness (QED) is 0.910. The molecule has 2 aromatic rings. The van der Waals surface area contributed by atoms with E-state index in [9.17, 15) is 4.79 Å². The molecule has 0 radical (unpaired) electrons. The van der Waals surface area contributed by atoms with Crippen LogP contribution in [-0.2, 0) is 13.0 Å². The van der Waals surface area contributed by atoms with Crippen LogP contribution in [0.1, 0.15) is 21.6 Å². The number of carbonyl (C=O) groups is 1. The van der Waals surface area contributed by atoms with Crippen LogP contribution in [0.3, 0.4) is 0 Å². The summed E-state index contributed by atoms with van der Waals surface area (Å²) >= 11 is 0. The number of nitrogens with one attached hydrogen (secondary N) is 1. The summed E-state index contributed by atoms with van der Waals surface area (Å²) in [7, 11) is 0. The molecule has 0 fully saturated rings. The number of aromatic nitrogens is 1. The van der Waals surface area contributed by atoms with E-state index in [-0.39, 0.29) is 5.91 Å². The van der Waals surface area contributed by atoms with E-state index in [1.807, 2.05) is 36.4 Å². The van der Waals surface area contributed by atoms with Crippen molar-refractivity contribution >= 4 is 5.91 Å². The predicted octanol–water partition coefficient (Wildman–Crippen LogP) is 1.95. The molecule has 1 aliphatic heterocycles. The Hall–Kier alpha value is -2.36. The number of para-hydroxylation sites is 1. The summed E-state index contributed by atoms with van der Waals surface area (Å²) in [4.78, 5) is 15.8. The molecule has 0 saturated heterocycles. The van der Waals surface area contributed by atoms with Gasteiger partial charge < -0.3 is 10.1 Å². The molecule has 1 aromatic heterocycles. The van der Waals surface area contributed by atoms with Crippen LogP contribution in [0, 0.1) is 0 Å². The lowest BCUT2D eigenvalue weighted by atomic mass is 10.0. The maximum atomic E-state index is 11.6. The fourth-order valence-electron chi connectivity index (χ4n) is 2.11. The molecule has 0 spiro atoms. The molecule has 0 atom stereocenters. The normalized spacial score (nSPS) is 13.6. The zero-order valence-corrected chi connectivity index (χ0v) is 10.4. The Morgan fingerprint density at radius 3 is 2.95 bits per heavy atom. The molecule has 19 heavy (non-hydrogen) atoms. The minimum absolute atomic E-state index is 0.0863. The van der Waals surface area contributed by atoms with Gasteiger partial charge in [-0.05, 0) is 30.2 Å². The minimum Gasteiger partial charge on any atom is -0.489 e. The van der Waals surface area contributed by atoms with Gasteiger partial charge >= 0.3 is 0 Å². The van der Waals surface area contributed by atoms with Crippen molar-refractivity contribution in [1.29, 1.82) is 0 Å². The fourth-order valence-corrected chi connectivity index (χ4v) is 2.11. The Kier molecular flexibility index (Phi) is 3.14. The number of ether oxygens (including phenoxy) is 1. The first kappa shape index (κ1) is 11.7. The third-order valence-electron chi connectivity index (χ3n) is 3.07. The molecule has 0 unspecified atom stereocenters. The Labute approximate surface area is 111 Å². The molecule has 96 valence electrons. The van der Waals surface area contributed by atoms with Crippen molar-refractivity contribution < 1.29 is 9.53 Å². The second-order valence-corrected chi connectivity index (χ2v) is 4.46. The molecular weight excluding hydrogens is 240 g/mol. The molecule has 1 aliphatic rings. The molecule has 0 saturated carbocycles. The summed E-state index contributed by atoms with van der Waals surface area (Å²) in [5.41, 5.74) is 2.52. The summed E-state index contributed by atoms with van der Waals surface area (Å²) in [5.74, 6) is 0.745. The van der Waals surface area contributed by atoms with Gasteiger partial charge in [-0.15, -0.1) is 0 Å². The van der Waals surface area contributed by atoms with E-state index >= 15 is 0 Å². The number of fused-ring (bicyclic) bond motifs is 1. The first-order chi connectivity index (χ1) is 9.33. The molecule has 0 bridgehead atoms. The lowest BCUT2D eigenvalue weighted by Gasteiger charge is -2.16. The standard InChI is InChI=1S/C15H14N2O2/c18-15-14-12(6-7-16-15)8-11(9-17-14)10-19-13-4-2-1-3-5-13/h1-5,8-9H,6-7,10H2,(H,16,18). The number of amides is 1. The maximum absolute atomic E-state index is 11.6. The Morgan fingerprint density at radius 2 is 2.11 bits per heavy atom. The molecule has 0 aliphatic carbocycles. The third-order valence-corrected chi connectivity index (χ3v) is 3.07. The van der Waals surface area contributed by atoms with Crippen LogP contribution in [0.15, 0.2) is 42.6 Å². The highest BCUT2D eigenvalue weighted by atomic mass is 16.5. The number of nitrogens with zero attached hydrogens (tertiary/aromatic N) is 1. The van der Waals surface area contributed by atoms with Gasteiger partial charge in [-0.25, -0.2) is 0 Å². The number of hydrogen-bond acceptors (Lipinski definition) is 3. The molecule has 4 nitrogen and oxygen atoms in total. The lowest BCUT2D eigenvalue weighted by Crippen LogP contribution is -2.32. The molecule has 3 rings (SSSR count). The van der Waals surface area contributed by atoms with Gasteiger partial charge in [0.25, 0.3) is 5.91 Å². The minimum atomic E-state index is -0.0863. The Bertz CT molecular complexity index is 596. The monoisotopic (exact) mass is 254 g/mol. The smallest absolute Gasteiger partial charge is 0.270 e. The summed E-state index contributed by atoms with van der Waals surface area (Å²) in [6, 6.07) is 11.7. The summed E-state index contributed by atoms with van der Waals surface area (Å²) in [6.07, 6.45) is 2.53. The average Bonchev–Trinajstić information content (AvgIpc) is 2.46. The van der Waals surface area contributed by atoms with Gasteiger partial charge in [0.1, 0.15) is 18.1 Å². The number of benzene rings is 1. The van der Waals surface area contributed by atoms with Crippen LogP contribution in [0.2, 0.25) is 0 Å². The maximum Gasteiger partial charge on any atom is 0.270 e. The van der Waals surface area contributed by atoms with Crippen LogP contribution in [0.4, 0.5) is 0 Å². The molecule has 1 N–H and O–H groups in total. The average molecular weight is 254 g/mol. The van der Waals surface area contributed by atoms with E-state index in [1.165, 1.54) is 0 Å². The molecule has 4 heteroatoms. The van der Waals surface area contributed by atoms with E-state index in [1.54, 1.807) is 6.20 Å². The van der Waals surface area contributed by atoms with Crippen LogP contribution in [0.25, 0.3) is 0 Å². The van der Waals surface area contributed by atoms with Crippen molar-refractivity contribution in [1.82, 2.24) is 10.3 Å². The highest BCUT2D eigenvalue weighted by Crippen LogP contribution is 2.15. The highest BCUT2D eigenvalue weighted by molar-refractivity contribution is 5.94. The predicted molar refractivity (Wildman–Crippen MR) is 71.0 cm³/mol. The Morgan fingerprint density at radius 1 is 1.26 bits per heavy atom. The zero-order valence-electron chi connectivity index (χ0n) is 10.4. The van der Waals surface area contributed by atoms with Gasteiger partial charge in [0.2, 0.25) is 0 Å². The van der Waals surface area contributed by atoms with Crippen LogP contribution >= 0.6 is 0 Å². The SMILES string of the molecule is O=C1NCCc2cc(COc3ccccc3)cnc21. The van der Waals surface area contributed by atoms with Gasteiger partial charge in [-0.1, -0.05) is 18.2 Å². The summed E-state index contributed by atoms with van der Waals surface area (Å²) < 4.78 is 5.67. The zero-order chi connectivity index (χ0) is 13.1. The van der Waals surface area contributed by atoms with Crippen molar-refractivity contribution in [2.24, 2.45) is 0 Å². The number of hydrogen-bond donors (Lipinski definition) is 1. The van der Waals surface area contributed by atoms with Gasteiger partial charge in [0, 0.05) is 18.3 Å². The van der Waals surface area contributed by atoms with E-state index in [0.717, 1.165) is 23.3 Å². The van der Waals surface area contributed by atoms with Crippen molar-refractivity contribution in [3.8, 4) is 5.75 Å². The summed E-state index contributed by atoms with van der Waals surface area (Å²) in [5, 5.41) is 2.78. The van der Waals surface area contributed by atoms with Crippen molar-refractivity contribution in [2.75, 3.05) is 6.54 Å². The fraction of sp³-hybridized carbons (Fsp3) is 0.200. The summed E-state index contributed by atoms with van der Waals surface area (Å²) in [6.45, 7) is 1.14. The van der Waals surface area contributed by atoms with Crippen LogP contribution < -0.4 is 10.1 Å². The molecule has 2 heterocycles. The van der Waals surface area contributed by atoms with Crippen LogP contribution in [-0.4, -0.2) is 17.4 Å². The number of carbonyl (C=O) groups excluding carboxylic acids is 1. The van der Waals surface area contributed by atoms with Gasteiger partial charge in [-0.3, -0.25) is 9.78 Å². The third kappa shape index (κ3) is 2.57. The number of rotatable bonds is 3. The van der Waals surface area contributed by atoms with Crippen molar-refractivity contribution in [2.45, 2.75) is 13.0 Å². The first-order valence-corrected chi connectivity index (χ1v) is 6.27. The largest absolute Gasteiger partial charge is 0.489 e. The first-order valence-electron chi connectivity index (χ1n) is 6.27. The van der Waals surface area contributed by atoms with Crippen LogP contribution in [0.5, 0.6) is 5.75 Å².